The lowest BCUT2D eigenvalue weighted by Gasteiger charge is -2.26. The third kappa shape index (κ3) is 4.66. The molecule has 1 aliphatic heterocycles. The van der Waals surface area contributed by atoms with E-state index in [0.717, 1.165) is 44.2 Å². The van der Waals surface area contributed by atoms with Gasteiger partial charge in [-0.2, -0.15) is 13.2 Å². The second-order valence-corrected chi connectivity index (χ2v) is 6.73. The van der Waals surface area contributed by atoms with Gasteiger partial charge >= 0.3 is 6.18 Å². The van der Waals surface area contributed by atoms with E-state index in [2.05, 4.69) is 10.6 Å². The van der Waals surface area contributed by atoms with Crippen LogP contribution in [0, 0.1) is 0 Å². The van der Waals surface area contributed by atoms with Crippen LogP contribution in [0.1, 0.15) is 50.5 Å². The van der Waals surface area contributed by atoms with Gasteiger partial charge in [-0.1, -0.05) is 19.3 Å². The molecule has 2 fully saturated rings. The predicted molar refractivity (Wildman–Crippen MR) is 89.5 cm³/mol. The van der Waals surface area contributed by atoms with Crippen LogP contribution in [0.5, 0.6) is 0 Å². The fourth-order valence-corrected chi connectivity index (χ4v) is 3.41. The minimum absolute atomic E-state index is 0.167. The first-order chi connectivity index (χ1) is 11.9. The number of benzene rings is 1. The monoisotopic (exact) mass is 356 g/mol. The zero-order valence-electron chi connectivity index (χ0n) is 14.0. The quantitative estimate of drug-likeness (QED) is 0.831. The molecule has 4 nitrogen and oxygen atoms in total. The van der Waals surface area contributed by atoms with E-state index in [4.69, 9.17) is 4.74 Å². The summed E-state index contributed by atoms with van der Waals surface area (Å²) < 4.78 is 44.4. The first-order valence-corrected chi connectivity index (χ1v) is 8.84. The Hall–Kier alpha value is -1.76. The molecule has 1 aromatic carbocycles. The number of amides is 1. The molecule has 0 radical (unpaired) electrons. The molecule has 0 spiro atoms. The molecule has 138 valence electrons. The van der Waals surface area contributed by atoms with Crippen molar-refractivity contribution in [2.24, 2.45) is 0 Å². The molecule has 1 saturated heterocycles. The zero-order chi connectivity index (χ0) is 17.9. The van der Waals surface area contributed by atoms with Crippen molar-refractivity contribution in [3.63, 3.8) is 0 Å². The second kappa shape index (κ2) is 7.64. The Bertz CT molecular complexity index is 607. The van der Waals surface area contributed by atoms with Crippen LogP contribution in [-0.2, 0) is 15.7 Å². The third-order valence-corrected chi connectivity index (χ3v) is 4.79. The second-order valence-electron chi connectivity index (χ2n) is 6.73. The molecule has 1 amide bonds. The topological polar surface area (TPSA) is 50.4 Å². The Labute approximate surface area is 145 Å². The lowest BCUT2D eigenvalue weighted by Crippen LogP contribution is -2.28. The first-order valence-electron chi connectivity index (χ1n) is 8.84. The van der Waals surface area contributed by atoms with Gasteiger partial charge in [-0.3, -0.25) is 4.79 Å². The summed E-state index contributed by atoms with van der Waals surface area (Å²) in [6.07, 6.45) is 1.72. The molecule has 2 aliphatic rings. The minimum Gasteiger partial charge on any atom is -0.381 e. The molecule has 7 heteroatoms. The SMILES string of the molecule is O=C(Nc1cc(C(F)(F)F)ccc1NC1CCCCC1)[C@@H]1CCCO1. The summed E-state index contributed by atoms with van der Waals surface area (Å²) in [6.45, 7) is 0.508. The van der Waals surface area contributed by atoms with Crippen molar-refractivity contribution in [2.75, 3.05) is 17.2 Å². The van der Waals surface area contributed by atoms with E-state index in [1.54, 1.807) is 0 Å². The normalized spacial score (nSPS) is 22.0. The molecule has 1 atom stereocenters. The summed E-state index contributed by atoms with van der Waals surface area (Å²) in [6, 6.07) is 3.68. The maximum absolute atomic E-state index is 13.0. The van der Waals surface area contributed by atoms with Crippen LogP contribution in [0.25, 0.3) is 0 Å². The van der Waals surface area contributed by atoms with Crippen molar-refractivity contribution < 1.29 is 22.7 Å². The minimum atomic E-state index is -4.45. The highest BCUT2D eigenvalue weighted by Crippen LogP contribution is 2.35. The van der Waals surface area contributed by atoms with Gasteiger partial charge < -0.3 is 15.4 Å². The Morgan fingerprint density at radius 3 is 2.44 bits per heavy atom. The average molecular weight is 356 g/mol. The zero-order valence-corrected chi connectivity index (χ0v) is 14.0. The molecule has 0 unspecified atom stereocenters. The Kier molecular flexibility index (Phi) is 5.51. The number of carbonyl (C=O) groups is 1. The average Bonchev–Trinajstić information content (AvgIpc) is 3.11. The summed E-state index contributed by atoms with van der Waals surface area (Å²) in [5, 5.41) is 5.93. The number of hydrogen-bond donors (Lipinski definition) is 2. The fourth-order valence-electron chi connectivity index (χ4n) is 3.41. The largest absolute Gasteiger partial charge is 0.416 e. The van der Waals surface area contributed by atoms with Crippen LogP contribution in [0.2, 0.25) is 0 Å². The molecule has 3 rings (SSSR count). The standard InChI is InChI=1S/C18H23F3N2O2/c19-18(20,21)12-8-9-14(22-13-5-2-1-3-6-13)15(11-12)23-17(24)16-7-4-10-25-16/h8-9,11,13,16,22H,1-7,10H2,(H,23,24)/t16-/m0/s1. The predicted octanol–water partition coefficient (Wildman–Crippen LogP) is 4.57. The lowest BCUT2D eigenvalue weighted by atomic mass is 9.95. The number of ether oxygens (including phenoxy) is 1. The Balaban J connectivity index is 1.80. The van der Waals surface area contributed by atoms with Crippen molar-refractivity contribution in [1.29, 1.82) is 0 Å². The van der Waals surface area contributed by atoms with Crippen molar-refractivity contribution in [2.45, 2.75) is 63.3 Å². The van der Waals surface area contributed by atoms with E-state index in [-0.39, 0.29) is 17.6 Å². The highest BCUT2D eigenvalue weighted by atomic mass is 19.4. The van der Waals surface area contributed by atoms with Crippen LogP contribution in [-0.4, -0.2) is 24.7 Å². The molecule has 1 saturated carbocycles. The fraction of sp³-hybridized carbons (Fsp3) is 0.611. The number of nitrogens with one attached hydrogen (secondary N) is 2. The smallest absolute Gasteiger partial charge is 0.381 e. The highest BCUT2D eigenvalue weighted by Gasteiger charge is 2.32. The van der Waals surface area contributed by atoms with Crippen LogP contribution in [0.15, 0.2) is 18.2 Å². The highest BCUT2D eigenvalue weighted by molar-refractivity contribution is 5.97. The van der Waals surface area contributed by atoms with E-state index in [0.29, 0.717) is 18.7 Å². The van der Waals surface area contributed by atoms with E-state index in [1.165, 1.54) is 12.5 Å². The van der Waals surface area contributed by atoms with E-state index >= 15 is 0 Å². The van der Waals surface area contributed by atoms with Crippen molar-refractivity contribution >= 4 is 17.3 Å². The van der Waals surface area contributed by atoms with Crippen molar-refractivity contribution in [1.82, 2.24) is 0 Å². The van der Waals surface area contributed by atoms with Gasteiger partial charge in [0.1, 0.15) is 6.10 Å². The van der Waals surface area contributed by atoms with Gasteiger partial charge in [-0.05, 0) is 43.9 Å². The van der Waals surface area contributed by atoms with Crippen LogP contribution < -0.4 is 10.6 Å². The molecule has 0 bridgehead atoms. The number of alkyl halides is 3. The lowest BCUT2D eigenvalue weighted by molar-refractivity contribution is -0.137. The number of rotatable bonds is 4. The Morgan fingerprint density at radius 1 is 1.04 bits per heavy atom. The first kappa shape index (κ1) is 18.0. The molecule has 1 aliphatic carbocycles. The van der Waals surface area contributed by atoms with Gasteiger partial charge in [0.25, 0.3) is 5.91 Å². The van der Waals surface area contributed by atoms with E-state index in [1.807, 2.05) is 0 Å². The molecule has 25 heavy (non-hydrogen) atoms. The van der Waals surface area contributed by atoms with Gasteiger partial charge in [0.2, 0.25) is 0 Å². The molecular formula is C18H23F3N2O2. The van der Waals surface area contributed by atoms with Gasteiger partial charge in [0.15, 0.2) is 0 Å². The number of hydrogen-bond acceptors (Lipinski definition) is 3. The third-order valence-electron chi connectivity index (χ3n) is 4.79. The maximum Gasteiger partial charge on any atom is 0.416 e. The maximum atomic E-state index is 13.0. The summed E-state index contributed by atoms with van der Waals surface area (Å²) in [5.41, 5.74) is -0.0727. The molecule has 1 aromatic rings. The molecule has 0 aromatic heterocycles. The molecule has 1 heterocycles. The summed E-state index contributed by atoms with van der Waals surface area (Å²) in [4.78, 5) is 12.3. The van der Waals surface area contributed by atoms with E-state index < -0.39 is 17.8 Å². The van der Waals surface area contributed by atoms with Gasteiger partial charge in [0, 0.05) is 12.6 Å². The van der Waals surface area contributed by atoms with Crippen LogP contribution >= 0.6 is 0 Å². The Morgan fingerprint density at radius 2 is 1.80 bits per heavy atom. The van der Waals surface area contributed by atoms with Crippen molar-refractivity contribution in [3.8, 4) is 0 Å². The number of anilines is 2. The van der Waals surface area contributed by atoms with Gasteiger partial charge in [-0.15, -0.1) is 0 Å². The molecular weight excluding hydrogens is 333 g/mol. The van der Waals surface area contributed by atoms with Crippen LogP contribution in [0.3, 0.4) is 0 Å². The van der Waals surface area contributed by atoms with Gasteiger partial charge in [0.05, 0.1) is 16.9 Å². The summed E-state index contributed by atoms with van der Waals surface area (Å²) >= 11 is 0. The van der Waals surface area contributed by atoms with Crippen LogP contribution in [0.4, 0.5) is 24.5 Å². The number of halogens is 3. The number of carbonyl (C=O) groups excluding carboxylic acids is 1. The van der Waals surface area contributed by atoms with E-state index in [9.17, 15) is 18.0 Å². The van der Waals surface area contributed by atoms with Crippen molar-refractivity contribution in [3.05, 3.63) is 23.8 Å². The molecule has 2 N–H and O–H groups in total. The summed E-state index contributed by atoms with van der Waals surface area (Å²) in [7, 11) is 0. The van der Waals surface area contributed by atoms with Gasteiger partial charge in [-0.25, -0.2) is 0 Å². The summed E-state index contributed by atoms with van der Waals surface area (Å²) in [5.74, 6) is -0.386.